The van der Waals surface area contributed by atoms with E-state index in [2.05, 4.69) is 49.1 Å². The van der Waals surface area contributed by atoms with Crippen molar-refractivity contribution in [3.8, 4) is 0 Å². The highest BCUT2D eigenvalue weighted by Gasteiger charge is 2.28. The van der Waals surface area contributed by atoms with Crippen LogP contribution in [0.2, 0.25) is 0 Å². The van der Waals surface area contributed by atoms with Gasteiger partial charge in [-0.15, -0.1) is 0 Å². The smallest absolute Gasteiger partial charge is 0.0348 e. The van der Waals surface area contributed by atoms with Crippen LogP contribution in [-0.2, 0) is 0 Å². The zero-order chi connectivity index (χ0) is 13.7. The molecule has 1 aromatic rings. The standard InChI is InChI=1S/C17H28N2/c1-3-17(14-8-6-5-7-9-14)19(4-2)16-12-10-15(18)11-13-16/h5-9,15-17H,3-4,10-13,18H2,1-2H3. The van der Waals surface area contributed by atoms with Gasteiger partial charge in [-0.1, -0.05) is 44.2 Å². The number of nitrogens with zero attached hydrogens (tertiary/aromatic N) is 1. The highest BCUT2D eigenvalue weighted by atomic mass is 15.2. The zero-order valence-electron chi connectivity index (χ0n) is 12.4. The van der Waals surface area contributed by atoms with Crippen LogP contribution in [0.1, 0.15) is 57.6 Å². The minimum absolute atomic E-state index is 0.437. The molecule has 1 aliphatic carbocycles. The summed E-state index contributed by atoms with van der Waals surface area (Å²) >= 11 is 0. The average Bonchev–Trinajstić information content (AvgIpc) is 2.47. The second-order valence-corrected chi connectivity index (χ2v) is 5.73. The summed E-state index contributed by atoms with van der Waals surface area (Å²) in [5.41, 5.74) is 7.50. The Morgan fingerprint density at radius 3 is 2.26 bits per heavy atom. The number of hydrogen-bond donors (Lipinski definition) is 1. The molecular formula is C17H28N2. The molecule has 1 aromatic carbocycles. The average molecular weight is 260 g/mol. The van der Waals surface area contributed by atoms with Gasteiger partial charge in [-0.3, -0.25) is 4.90 Å². The van der Waals surface area contributed by atoms with E-state index in [1.54, 1.807) is 0 Å². The van der Waals surface area contributed by atoms with Gasteiger partial charge in [0.15, 0.2) is 0 Å². The van der Waals surface area contributed by atoms with Crippen molar-refractivity contribution < 1.29 is 0 Å². The van der Waals surface area contributed by atoms with E-state index in [9.17, 15) is 0 Å². The van der Waals surface area contributed by atoms with E-state index in [-0.39, 0.29) is 0 Å². The summed E-state index contributed by atoms with van der Waals surface area (Å²) in [6.07, 6.45) is 6.08. The predicted molar refractivity (Wildman–Crippen MR) is 82.1 cm³/mol. The van der Waals surface area contributed by atoms with E-state index in [4.69, 9.17) is 5.73 Å². The first-order valence-electron chi connectivity index (χ1n) is 7.82. The lowest BCUT2D eigenvalue weighted by Gasteiger charge is -2.40. The molecule has 2 heteroatoms. The third-order valence-corrected chi connectivity index (χ3v) is 4.55. The molecule has 0 heterocycles. The first-order valence-corrected chi connectivity index (χ1v) is 7.82. The minimum atomic E-state index is 0.437. The number of hydrogen-bond acceptors (Lipinski definition) is 2. The molecule has 1 saturated carbocycles. The Balaban J connectivity index is 2.10. The molecule has 1 aliphatic rings. The second-order valence-electron chi connectivity index (χ2n) is 5.73. The zero-order valence-corrected chi connectivity index (χ0v) is 12.4. The summed E-state index contributed by atoms with van der Waals surface area (Å²) < 4.78 is 0. The largest absolute Gasteiger partial charge is 0.328 e. The Kier molecular flexibility index (Phi) is 5.41. The molecule has 0 bridgehead atoms. The van der Waals surface area contributed by atoms with E-state index < -0.39 is 0 Å². The summed E-state index contributed by atoms with van der Waals surface area (Å²) in [4.78, 5) is 2.70. The van der Waals surface area contributed by atoms with Gasteiger partial charge in [-0.05, 0) is 44.2 Å². The molecule has 0 aromatic heterocycles. The first kappa shape index (κ1) is 14.5. The van der Waals surface area contributed by atoms with Crippen molar-refractivity contribution in [3.05, 3.63) is 35.9 Å². The Morgan fingerprint density at radius 1 is 1.11 bits per heavy atom. The van der Waals surface area contributed by atoms with E-state index in [0.717, 1.165) is 12.6 Å². The van der Waals surface area contributed by atoms with Gasteiger partial charge >= 0.3 is 0 Å². The summed E-state index contributed by atoms with van der Waals surface area (Å²) in [5, 5.41) is 0. The lowest BCUT2D eigenvalue weighted by molar-refractivity contribution is 0.103. The van der Waals surface area contributed by atoms with Gasteiger partial charge < -0.3 is 5.73 Å². The topological polar surface area (TPSA) is 29.3 Å². The maximum absolute atomic E-state index is 6.04. The Hall–Kier alpha value is -0.860. The molecule has 2 rings (SSSR count). The molecule has 1 fully saturated rings. The summed E-state index contributed by atoms with van der Waals surface area (Å²) in [5.74, 6) is 0. The molecule has 1 unspecified atom stereocenters. The molecule has 106 valence electrons. The second kappa shape index (κ2) is 7.06. The molecule has 0 radical (unpaired) electrons. The molecule has 19 heavy (non-hydrogen) atoms. The molecular weight excluding hydrogens is 232 g/mol. The molecule has 1 atom stereocenters. The minimum Gasteiger partial charge on any atom is -0.328 e. The summed E-state index contributed by atoms with van der Waals surface area (Å²) in [7, 11) is 0. The fourth-order valence-electron chi connectivity index (χ4n) is 3.50. The van der Waals surface area contributed by atoms with Crippen LogP contribution in [0, 0.1) is 0 Å². The van der Waals surface area contributed by atoms with Crippen molar-refractivity contribution in [2.45, 2.75) is 64.1 Å². The maximum Gasteiger partial charge on any atom is 0.0348 e. The SMILES string of the molecule is CCC(c1ccccc1)N(CC)C1CCC(N)CC1. The van der Waals surface area contributed by atoms with Crippen LogP contribution < -0.4 is 5.73 Å². The quantitative estimate of drug-likeness (QED) is 0.874. The van der Waals surface area contributed by atoms with Crippen molar-refractivity contribution >= 4 is 0 Å². The maximum atomic E-state index is 6.04. The predicted octanol–water partition coefficient (Wildman–Crippen LogP) is 3.73. The van der Waals surface area contributed by atoms with Crippen molar-refractivity contribution in [2.24, 2.45) is 5.73 Å². The Bertz CT molecular complexity index is 355. The molecule has 0 amide bonds. The van der Waals surface area contributed by atoms with Gasteiger partial charge in [0.25, 0.3) is 0 Å². The van der Waals surface area contributed by atoms with Gasteiger partial charge in [0.05, 0.1) is 0 Å². The molecule has 2 N–H and O–H groups in total. The molecule has 0 saturated heterocycles. The van der Waals surface area contributed by atoms with Crippen molar-refractivity contribution in [1.82, 2.24) is 4.90 Å². The molecule has 0 aliphatic heterocycles. The lowest BCUT2D eigenvalue weighted by Crippen LogP contribution is -2.42. The van der Waals surface area contributed by atoms with Gasteiger partial charge in [-0.25, -0.2) is 0 Å². The number of benzene rings is 1. The summed E-state index contributed by atoms with van der Waals surface area (Å²) in [6.45, 7) is 5.72. The van der Waals surface area contributed by atoms with Crippen molar-refractivity contribution in [1.29, 1.82) is 0 Å². The van der Waals surface area contributed by atoms with E-state index in [1.807, 2.05) is 0 Å². The van der Waals surface area contributed by atoms with Crippen LogP contribution in [0.3, 0.4) is 0 Å². The highest BCUT2D eigenvalue weighted by molar-refractivity contribution is 5.19. The van der Waals surface area contributed by atoms with Crippen LogP contribution >= 0.6 is 0 Å². The fourth-order valence-corrected chi connectivity index (χ4v) is 3.50. The van der Waals surface area contributed by atoms with Gasteiger partial charge in [0, 0.05) is 18.1 Å². The molecule has 2 nitrogen and oxygen atoms in total. The fraction of sp³-hybridized carbons (Fsp3) is 0.647. The van der Waals surface area contributed by atoms with E-state index >= 15 is 0 Å². The first-order chi connectivity index (χ1) is 9.26. The van der Waals surface area contributed by atoms with Crippen LogP contribution in [-0.4, -0.2) is 23.5 Å². The van der Waals surface area contributed by atoms with Crippen LogP contribution in [0.15, 0.2) is 30.3 Å². The molecule has 0 spiro atoms. The van der Waals surface area contributed by atoms with E-state index in [0.29, 0.717) is 12.1 Å². The van der Waals surface area contributed by atoms with Crippen LogP contribution in [0.4, 0.5) is 0 Å². The monoisotopic (exact) mass is 260 g/mol. The third kappa shape index (κ3) is 3.58. The van der Waals surface area contributed by atoms with Crippen molar-refractivity contribution in [3.63, 3.8) is 0 Å². The third-order valence-electron chi connectivity index (χ3n) is 4.55. The Morgan fingerprint density at radius 2 is 1.74 bits per heavy atom. The van der Waals surface area contributed by atoms with Gasteiger partial charge in [0.2, 0.25) is 0 Å². The highest BCUT2D eigenvalue weighted by Crippen LogP contribution is 2.31. The Labute approximate surface area is 118 Å². The number of nitrogens with two attached hydrogens (primary N) is 1. The lowest BCUT2D eigenvalue weighted by atomic mass is 9.88. The van der Waals surface area contributed by atoms with Crippen LogP contribution in [0.5, 0.6) is 0 Å². The van der Waals surface area contributed by atoms with Gasteiger partial charge in [-0.2, -0.15) is 0 Å². The normalized spacial score (nSPS) is 25.5. The van der Waals surface area contributed by atoms with Crippen molar-refractivity contribution in [2.75, 3.05) is 6.54 Å². The summed E-state index contributed by atoms with van der Waals surface area (Å²) in [6, 6.07) is 12.7. The van der Waals surface area contributed by atoms with E-state index in [1.165, 1.54) is 37.7 Å². The number of rotatable bonds is 5. The van der Waals surface area contributed by atoms with Gasteiger partial charge in [0.1, 0.15) is 0 Å². The van der Waals surface area contributed by atoms with Crippen LogP contribution in [0.25, 0.3) is 0 Å².